The normalized spacial score (nSPS) is 14.9. The first-order valence-corrected chi connectivity index (χ1v) is 6.54. The van der Waals surface area contributed by atoms with E-state index in [1.807, 2.05) is 0 Å². The van der Waals surface area contributed by atoms with E-state index in [0.29, 0.717) is 20.6 Å². The molecular weight excluding hydrogens is 338 g/mol. The summed E-state index contributed by atoms with van der Waals surface area (Å²) < 4.78 is 1.36. The minimum atomic E-state index is -0.0639. The van der Waals surface area contributed by atoms with Gasteiger partial charge in [0.2, 0.25) is 0 Å². The van der Waals surface area contributed by atoms with Crippen molar-refractivity contribution in [3.8, 4) is 5.75 Å². The molecule has 1 aromatic rings. The van der Waals surface area contributed by atoms with Crippen LogP contribution in [0.25, 0.3) is 0 Å². The number of phenols is 1. The Morgan fingerprint density at radius 3 is 2.62 bits per heavy atom. The van der Waals surface area contributed by atoms with E-state index in [0.717, 1.165) is 12.8 Å². The third-order valence-corrected chi connectivity index (χ3v) is 4.67. The molecule has 0 bridgehead atoms. The fourth-order valence-electron chi connectivity index (χ4n) is 1.55. The van der Waals surface area contributed by atoms with Gasteiger partial charge in [-0.25, -0.2) is 0 Å². The maximum atomic E-state index is 12.1. The first-order valence-electron chi connectivity index (χ1n) is 4.96. The zero-order valence-corrected chi connectivity index (χ0v) is 11.9. The highest BCUT2D eigenvalue weighted by atomic mass is 79.9. The quantitative estimate of drug-likeness (QED) is 0.891. The first-order chi connectivity index (χ1) is 7.50. The van der Waals surface area contributed by atoms with E-state index in [4.69, 9.17) is 0 Å². The highest BCUT2D eigenvalue weighted by Gasteiger charge is 2.31. The monoisotopic (exact) mass is 347 g/mol. The van der Waals surface area contributed by atoms with Crippen LogP contribution in [0.5, 0.6) is 5.75 Å². The van der Waals surface area contributed by atoms with Gasteiger partial charge in [0, 0.05) is 22.0 Å². The number of phenolic OH excluding ortho intramolecular Hbond substituents is 1. The lowest BCUT2D eigenvalue weighted by molar-refractivity contribution is 0.0783. The molecule has 2 rings (SSSR count). The molecule has 1 aliphatic carbocycles. The largest absolute Gasteiger partial charge is 0.508 e. The number of rotatable bonds is 2. The van der Waals surface area contributed by atoms with E-state index >= 15 is 0 Å². The van der Waals surface area contributed by atoms with Crippen LogP contribution in [0.1, 0.15) is 23.2 Å². The van der Waals surface area contributed by atoms with Crippen molar-refractivity contribution in [1.82, 2.24) is 4.90 Å². The molecule has 0 aliphatic heterocycles. The number of benzene rings is 1. The van der Waals surface area contributed by atoms with Crippen LogP contribution < -0.4 is 0 Å². The third kappa shape index (κ3) is 2.25. The molecule has 16 heavy (non-hydrogen) atoms. The Morgan fingerprint density at radius 1 is 1.44 bits per heavy atom. The van der Waals surface area contributed by atoms with Crippen LogP contribution in [0.3, 0.4) is 0 Å². The molecule has 0 spiro atoms. The summed E-state index contributed by atoms with van der Waals surface area (Å²) in [7, 11) is 1.80. The standard InChI is InChI=1S/C11H11Br2NO2/c1-14(6-2-3-6)11(16)8-4-7(15)5-9(12)10(8)13/h4-6,15H,2-3H2,1H3. The van der Waals surface area contributed by atoms with Crippen molar-refractivity contribution in [2.75, 3.05) is 7.05 Å². The number of amides is 1. The molecule has 1 N–H and O–H groups in total. The lowest BCUT2D eigenvalue weighted by Gasteiger charge is -2.17. The van der Waals surface area contributed by atoms with Gasteiger partial charge in [-0.3, -0.25) is 4.79 Å². The third-order valence-electron chi connectivity index (χ3n) is 2.66. The highest BCUT2D eigenvalue weighted by molar-refractivity contribution is 9.13. The molecule has 5 heteroatoms. The summed E-state index contributed by atoms with van der Waals surface area (Å²) in [4.78, 5) is 13.8. The molecule has 0 unspecified atom stereocenters. The Bertz CT molecular complexity index is 444. The molecule has 0 radical (unpaired) electrons. The van der Waals surface area contributed by atoms with Gasteiger partial charge in [0.25, 0.3) is 5.91 Å². The summed E-state index contributed by atoms with van der Waals surface area (Å²) in [6, 6.07) is 3.40. The van der Waals surface area contributed by atoms with E-state index < -0.39 is 0 Å². The Hall–Kier alpha value is -0.550. The molecule has 1 aromatic carbocycles. The lowest BCUT2D eigenvalue weighted by atomic mass is 10.2. The average molecular weight is 349 g/mol. The molecule has 1 saturated carbocycles. The molecule has 0 aromatic heterocycles. The highest BCUT2D eigenvalue weighted by Crippen LogP contribution is 2.34. The Morgan fingerprint density at radius 2 is 2.06 bits per heavy atom. The van der Waals surface area contributed by atoms with E-state index in [1.165, 1.54) is 6.07 Å². The zero-order valence-electron chi connectivity index (χ0n) is 8.70. The van der Waals surface area contributed by atoms with E-state index in [-0.39, 0.29) is 11.7 Å². The summed E-state index contributed by atoms with van der Waals surface area (Å²) >= 11 is 6.64. The smallest absolute Gasteiger partial charge is 0.255 e. The minimum Gasteiger partial charge on any atom is -0.508 e. The number of carbonyl (C=O) groups is 1. The number of carbonyl (C=O) groups excluding carboxylic acids is 1. The van der Waals surface area contributed by atoms with E-state index in [1.54, 1.807) is 18.0 Å². The van der Waals surface area contributed by atoms with Gasteiger partial charge in [0.05, 0.1) is 5.56 Å². The van der Waals surface area contributed by atoms with Gasteiger partial charge in [-0.2, -0.15) is 0 Å². The summed E-state index contributed by atoms with van der Waals surface area (Å²) in [5.41, 5.74) is 0.487. The number of aromatic hydroxyl groups is 1. The first kappa shape index (κ1) is 11.9. The van der Waals surface area contributed by atoms with Crippen molar-refractivity contribution in [2.24, 2.45) is 0 Å². The van der Waals surface area contributed by atoms with Crippen LogP contribution in [0.2, 0.25) is 0 Å². The number of hydrogen-bond donors (Lipinski definition) is 1. The molecule has 1 amide bonds. The summed E-state index contributed by atoms with van der Waals surface area (Å²) in [6.45, 7) is 0. The van der Waals surface area contributed by atoms with Crippen molar-refractivity contribution in [3.63, 3.8) is 0 Å². The van der Waals surface area contributed by atoms with Crippen LogP contribution >= 0.6 is 31.9 Å². The molecule has 86 valence electrons. The second-order valence-electron chi connectivity index (χ2n) is 3.94. The predicted molar refractivity (Wildman–Crippen MR) is 68.6 cm³/mol. The van der Waals surface area contributed by atoms with Gasteiger partial charge in [-0.15, -0.1) is 0 Å². The van der Waals surface area contributed by atoms with Crippen molar-refractivity contribution in [1.29, 1.82) is 0 Å². The second kappa shape index (κ2) is 4.37. The van der Waals surface area contributed by atoms with Crippen LogP contribution in [0.15, 0.2) is 21.1 Å². The topological polar surface area (TPSA) is 40.5 Å². The SMILES string of the molecule is CN(C(=O)c1cc(O)cc(Br)c1Br)C1CC1. The van der Waals surface area contributed by atoms with Crippen molar-refractivity contribution in [3.05, 3.63) is 26.6 Å². The maximum absolute atomic E-state index is 12.1. The van der Waals surface area contributed by atoms with Crippen molar-refractivity contribution >= 4 is 37.8 Å². The molecule has 0 saturated heterocycles. The van der Waals surface area contributed by atoms with Crippen LogP contribution in [-0.2, 0) is 0 Å². The predicted octanol–water partition coefficient (Wildman–Crippen LogP) is 3.15. The van der Waals surface area contributed by atoms with Gasteiger partial charge in [-0.05, 0) is 56.8 Å². The molecule has 3 nitrogen and oxygen atoms in total. The summed E-state index contributed by atoms with van der Waals surface area (Å²) in [5.74, 6) is 0.0218. The number of hydrogen-bond acceptors (Lipinski definition) is 2. The van der Waals surface area contributed by atoms with Gasteiger partial charge < -0.3 is 10.0 Å². The van der Waals surface area contributed by atoms with E-state index in [9.17, 15) is 9.90 Å². The van der Waals surface area contributed by atoms with Crippen molar-refractivity contribution < 1.29 is 9.90 Å². The molecular formula is C11H11Br2NO2. The van der Waals surface area contributed by atoms with Crippen LogP contribution in [0, 0.1) is 0 Å². The van der Waals surface area contributed by atoms with Gasteiger partial charge in [0.1, 0.15) is 5.75 Å². The Balaban J connectivity index is 2.35. The Labute approximate surface area is 111 Å². The van der Waals surface area contributed by atoms with Gasteiger partial charge >= 0.3 is 0 Å². The van der Waals surface area contributed by atoms with Crippen LogP contribution in [-0.4, -0.2) is 29.0 Å². The molecule has 1 aliphatic rings. The average Bonchev–Trinajstić information content (AvgIpc) is 3.05. The second-order valence-corrected chi connectivity index (χ2v) is 5.58. The Kier molecular flexibility index (Phi) is 3.26. The fourth-order valence-corrected chi connectivity index (χ4v) is 2.39. The number of halogens is 2. The summed E-state index contributed by atoms with van der Waals surface area (Å²) in [6.07, 6.45) is 2.14. The molecule has 0 heterocycles. The molecule has 1 fully saturated rings. The van der Waals surface area contributed by atoms with Gasteiger partial charge in [0.15, 0.2) is 0 Å². The fraction of sp³-hybridized carbons (Fsp3) is 0.364. The van der Waals surface area contributed by atoms with Crippen LogP contribution in [0.4, 0.5) is 0 Å². The lowest BCUT2D eigenvalue weighted by Crippen LogP contribution is -2.29. The minimum absolute atomic E-state index is 0.0639. The van der Waals surface area contributed by atoms with Gasteiger partial charge in [-0.1, -0.05) is 0 Å². The maximum Gasteiger partial charge on any atom is 0.255 e. The zero-order chi connectivity index (χ0) is 11.9. The molecule has 0 atom stereocenters. The number of nitrogens with zero attached hydrogens (tertiary/aromatic N) is 1. The summed E-state index contributed by atoms with van der Waals surface area (Å²) in [5, 5.41) is 9.48. The van der Waals surface area contributed by atoms with E-state index in [2.05, 4.69) is 31.9 Å². The van der Waals surface area contributed by atoms with Crippen molar-refractivity contribution in [2.45, 2.75) is 18.9 Å².